The number of benzene rings is 1. The van der Waals surface area contributed by atoms with Gasteiger partial charge in [0.25, 0.3) is 11.8 Å². The summed E-state index contributed by atoms with van der Waals surface area (Å²) in [6, 6.07) is 3.50. The number of carbonyl (C=O) groups is 5. The number of nitrogens with one attached hydrogen (secondary N) is 3. The first-order valence-electron chi connectivity index (χ1n) is 10.5. The fourth-order valence-corrected chi connectivity index (χ4v) is 3.23. The van der Waals surface area contributed by atoms with Crippen LogP contribution in [0.3, 0.4) is 0 Å². The molecule has 1 aliphatic rings. The van der Waals surface area contributed by atoms with Gasteiger partial charge in [-0.3, -0.25) is 19.2 Å². The Hall–Kier alpha value is -3.32. The zero-order chi connectivity index (χ0) is 25.3. The van der Waals surface area contributed by atoms with Crippen LogP contribution in [0, 0.1) is 0 Å². The van der Waals surface area contributed by atoms with E-state index in [0.717, 1.165) is 0 Å². The molecule has 1 aromatic carbocycles. The maximum Gasteiger partial charge on any atom is 0.326 e. The van der Waals surface area contributed by atoms with Crippen molar-refractivity contribution in [3.63, 3.8) is 0 Å². The van der Waals surface area contributed by atoms with Crippen molar-refractivity contribution in [3.05, 3.63) is 29.8 Å². The summed E-state index contributed by atoms with van der Waals surface area (Å²) in [5.74, 6) is -4.01. The van der Waals surface area contributed by atoms with Gasteiger partial charge in [0.05, 0.1) is 0 Å². The molecule has 6 N–H and O–H groups in total. The number of carbonyl (C=O) groups excluding carboxylic acids is 3. The Labute approximate surface area is 200 Å². The largest absolute Gasteiger partial charge is 0.508 e. The number of amides is 3. The number of thiol groups is 1. The number of phenolic OH excluding ortho intramolecular Hbond substituents is 1. The molecule has 2 rings (SSSR count). The lowest BCUT2D eigenvalue weighted by molar-refractivity contribution is -0.142. The SMILES string of the molecule is O=C(O)CCC[C@H](NC(=O)[C@H]1O[C@@H]1C(=O)N[C@@H](Cc1ccc(O)cc1)C(=O)O)C(=O)NCCS. The average Bonchev–Trinajstić information content (AvgIpc) is 3.58. The van der Waals surface area contributed by atoms with Gasteiger partial charge in [-0.2, -0.15) is 12.6 Å². The van der Waals surface area contributed by atoms with E-state index in [1.165, 1.54) is 24.3 Å². The smallest absolute Gasteiger partial charge is 0.326 e. The zero-order valence-corrected chi connectivity index (χ0v) is 19.0. The fraction of sp³-hybridized carbons (Fsp3) is 0.476. The third-order valence-electron chi connectivity index (χ3n) is 4.93. The van der Waals surface area contributed by atoms with Gasteiger partial charge in [0.1, 0.15) is 17.8 Å². The van der Waals surface area contributed by atoms with Crippen molar-refractivity contribution < 1.29 is 44.0 Å². The van der Waals surface area contributed by atoms with E-state index in [9.17, 15) is 34.2 Å². The van der Waals surface area contributed by atoms with Crippen LogP contribution in [0.4, 0.5) is 0 Å². The van der Waals surface area contributed by atoms with Crippen LogP contribution >= 0.6 is 12.6 Å². The van der Waals surface area contributed by atoms with Gasteiger partial charge in [-0.15, -0.1) is 0 Å². The Bertz CT molecular complexity index is 909. The number of aromatic hydroxyl groups is 1. The van der Waals surface area contributed by atoms with E-state index in [0.29, 0.717) is 11.3 Å². The van der Waals surface area contributed by atoms with Gasteiger partial charge in [0.15, 0.2) is 12.2 Å². The predicted molar refractivity (Wildman–Crippen MR) is 120 cm³/mol. The van der Waals surface area contributed by atoms with Crippen molar-refractivity contribution in [2.75, 3.05) is 12.3 Å². The van der Waals surface area contributed by atoms with Crippen molar-refractivity contribution in [3.8, 4) is 5.75 Å². The maximum absolute atomic E-state index is 12.5. The lowest BCUT2D eigenvalue weighted by Gasteiger charge is -2.17. The molecule has 0 radical (unpaired) electrons. The summed E-state index contributed by atoms with van der Waals surface area (Å²) in [7, 11) is 0. The van der Waals surface area contributed by atoms with Crippen LogP contribution in [0.5, 0.6) is 5.75 Å². The third-order valence-corrected chi connectivity index (χ3v) is 5.15. The van der Waals surface area contributed by atoms with Gasteiger partial charge in [-0.25, -0.2) is 4.79 Å². The molecule has 3 amide bonds. The fourth-order valence-electron chi connectivity index (χ4n) is 3.12. The predicted octanol–water partition coefficient (Wildman–Crippen LogP) is -0.943. The molecular formula is C21H27N3O9S. The number of carboxylic acid groups (broad SMARTS) is 2. The van der Waals surface area contributed by atoms with Gasteiger partial charge in [-0.1, -0.05) is 12.1 Å². The molecule has 1 saturated heterocycles. The molecule has 1 aliphatic heterocycles. The second kappa shape index (κ2) is 12.8. The molecule has 0 saturated carbocycles. The summed E-state index contributed by atoms with van der Waals surface area (Å²) in [5.41, 5.74) is 0.563. The summed E-state index contributed by atoms with van der Waals surface area (Å²) in [6.07, 6.45) is -2.46. The first-order chi connectivity index (χ1) is 16.1. The van der Waals surface area contributed by atoms with Crippen LogP contribution < -0.4 is 16.0 Å². The maximum atomic E-state index is 12.5. The van der Waals surface area contributed by atoms with E-state index >= 15 is 0 Å². The number of aliphatic carboxylic acids is 2. The van der Waals surface area contributed by atoms with Crippen LogP contribution in [0.25, 0.3) is 0 Å². The molecule has 34 heavy (non-hydrogen) atoms. The van der Waals surface area contributed by atoms with Gasteiger partial charge in [0, 0.05) is 25.1 Å². The molecule has 1 aromatic rings. The molecule has 13 heteroatoms. The number of rotatable bonds is 14. The topological polar surface area (TPSA) is 195 Å². The summed E-state index contributed by atoms with van der Waals surface area (Å²) < 4.78 is 5.10. The number of hydrogen-bond donors (Lipinski definition) is 7. The molecule has 186 valence electrons. The standard InChI is InChI=1S/C21H27N3O9S/c25-12-6-4-11(5-7-12)10-14(21(31)32)24-20(30)17-16(33-17)19(29)23-13(2-1-3-15(26)27)18(28)22-8-9-34/h4-7,13-14,16-17,25,34H,1-3,8-10H2,(H,22,28)(H,23,29)(H,24,30)(H,26,27)(H,31,32)/t13-,14-,16-,17-/m0/s1. The Morgan fingerprint density at radius 1 is 0.971 bits per heavy atom. The van der Waals surface area contributed by atoms with Crippen LogP contribution in [0.1, 0.15) is 24.8 Å². The molecule has 0 aliphatic carbocycles. The lowest BCUT2D eigenvalue weighted by Crippen LogP contribution is -2.49. The van der Waals surface area contributed by atoms with E-state index in [1.54, 1.807) is 0 Å². The molecule has 0 unspecified atom stereocenters. The molecule has 0 spiro atoms. The van der Waals surface area contributed by atoms with Crippen molar-refractivity contribution in [1.29, 1.82) is 0 Å². The molecule has 0 aromatic heterocycles. The number of epoxide rings is 1. The van der Waals surface area contributed by atoms with E-state index in [1.807, 2.05) is 0 Å². The minimum atomic E-state index is -1.29. The Morgan fingerprint density at radius 2 is 1.56 bits per heavy atom. The van der Waals surface area contributed by atoms with E-state index in [4.69, 9.17) is 9.84 Å². The first-order valence-corrected chi connectivity index (χ1v) is 11.1. The van der Waals surface area contributed by atoms with Crippen LogP contribution in [-0.4, -0.2) is 81.6 Å². The number of ether oxygens (including phenoxy) is 1. The van der Waals surface area contributed by atoms with E-state index < -0.39 is 54.0 Å². The number of phenols is 1. The number of hydrogen-bond acceptors (Lipinski definition) is 8. The van der Waals surface area contributed by atoms with Crippen LogP contribution in [0.2, 0.25) is 0 Å². The zero-order valence-electron chi connectivity index (χ0n) is 18.1. The molecular weight excluding hydrogens is 470 g/mol. The minimum absolute atomic E-state index is 0.0143. The summed E-state index contributed by atoms with van der Waals surface area (Å²) >= 11 is 3.99. The lowest BCUT2D eigenvalue weighted by atomic mass is 10.1. The molecule has 4 atom stereocenters. The van der Waals surface area contributed by atoms with Crippen molar-refractivity contribution >= 4 is 42.3 Å². The van der Waals surface area contributed by atoms with Gasteiger partial charge in [0.2, 0.25) is 5.91 Å². The summed E-state index contributed by atoms with van der Waals surface area (Å²) in [6.45, 7) is 0.246. The van der Waals surface area contributed by atoms with Gasteiger partial charge < -0.3 is 36.0 Å². The average molecular weight is 498 g/mol. The summed E-state index contributed by atoms with van der Waals surface area (Å²) in [4.78, 5) is 59.5. The number of carboxylic acids is 2. The highest BCUT2D eigenvalue weighted by atomic mass is 32.1. The van der Waals surface area contributed by atoms with Crippen molar-refractivity contribution in [2.45, 2.75) is 50.0 Å². The first kappa shape index (κ1) is 26.9. The second-order valence-corrected chi connectivity index (χ2v) is 8.06. The Balaban J connectivity index is 1.92. The Kier molecular flexibility index (Phi) is 10.1. The van der Waals surface area contributed by atoms with Gasteiger partial charge in [-0.05, 0) is 30.5 Å². The minimum Gasteiger partial charge on any atom is -0.508 e. The van der Waals surface area contributed by atoms with Gasteiger partial charge >= 0.3 is 11.9 Å². The second-order valence-electron chi connectivity index (χ2n) is 7.61. The third kappa shape index (κ3) is 8.56. The summed E-state index contributed by atoms with van der Waals surface area (Å²) in [5, 5.41) is 34.8. The highest BCUT2D eigenvalue weighted by Crippen LogP contribution is 2.23. The quantitative estimate of drug-likeness (QED) is 0.125. The molecule has 12 nitrogen and oxygen atoms in total. The van der Waals surface area contributed by atoms with Crippen molar-refractivity contribution in [2.24, 2.45) is 0 Å². The molecule has 0 bridgehead atoms. The van der Waals surface area contributed by atoms with E-state index in [-0.39, 0.29) is 38.0 Å². The van der Waals surface area contributed by atoms with Crippen LogP contribution in [0.15, 0.2) is 24.3 Å². The highest BCUT2D eigenvalue weighted by molar-refractivity contribution is 7.80. The molecule has 1 fully saturated rings. The monoisotopic (exact) mass is 497 g/mol. The van der Waals surface area contributed by atoms with Crippen molar-refractivity contribution in [1.82, 2.24) is 16.0 Å². The normalized spacial score (nSPS) is 18.3. The molecule has 1 heterocycles. The Morgan fingerprint density at radius 3 is 2.09 bits per heavy atom. The highest BCUT2D eigenvalue weighted by Gasteiger charge is 2.51. The van der Waals surface area contributed by atoms with E-state index in [2.05, 4.69) is 28.6 Å². The van der Waals surface area contributed by atoms with Crippen LogP contribution in [-0.2, 0) is 35.1 Å².